The van der Waals surface area contributed by atoms with Crippen LogP contribution >= 0.6 is 7.60 Å². The predicted molar refractivity (Wildman–Crippen MR) is 76.7 cm³/mol. The van der Waals surface area contributed by atoms with E-state index in [0.717, 1.165) is 5.06 Å². The molecule has 0 rings (SSSR count). The van der Waals surface area contributed by atoms with Gasteiger partial charge < -0.3 is 9.05 Å². The Morgan fingerprint density at radius 2 is 1.42 bits per heavy atom. The van der Waals surface area contributed by atoms with Gasteiger partial charge in [0, 0.05) is 12.1 Å². The summed E-state index contributed by atoms with van der Waals surface area (Å²) in [7, 11) is -3.11. The summed E-state index contributed by atoms with van der Waals surface area (Å²) in [5.41, 5.74) is -0.895. The molecule has 0 fully saturated rings. The lowest BCUT2D eigenvalue weighted by atomic mass is 9.94. The highest BCUT2D eigenvalue weighted by Crippen LogP contribution is 2.52. The molecule has 1 radical (unpaired) electrons. The van der Waals surface area contributed by atoms with Crippen molar-refractivity contribution in [1.29, 1.82) is 0 Å². The van der Waals surface area contributed by atoms with E-state index >= 15 is 0 Å². The maximum Gasteiger partial charge on any atom is 0.331 e. The number of hydroxylamine groups is 2. The zero-order chi connectivity index (χ0) is 15.3. The van der Waals surface area contributed by atoms with E-state index in [4.69, 9.17) is 9.05 Å². The monoisotopic (exact) mass is 294 g/mol. The van der Waals surface area contributed by atoms with Crippen LogP contribution in [0.25, 0.3) is 0 Å². The fourth-order valence-electron chi connectivity index (χ4n) is 1.72. The summed E-state index contributed by atoms with van der Waals surface area (Å²) in [5.74, 6) is 0. The van der Waals surface area contributed by atoms with Crippen LogP contribution in [-0.4, -0.2) is 36.5 Å². The Morgan fingerprint density at radius 3 is 1.74 bits per heavy atom. The second-order valence-corrected chi connectivity index (χ2v) is 8.53. The number of hydrogen-bond acceptors (Lipinski definition) is 4. The maximum absolute atomic E-state index is 12.5. The Balaban J connectivity index is 4.77. The van der Waals surface area contributed by atoms with Crippen LogP contribution in [0, 0.1) is 5.41 Å². The Bertz CT molecular complexity index is 302. The molecule has 0 saturated heterocycles. The molecule has 6 heteroatoms. The third kappa shape index (κ3) is 7.42. The fourth-order valence-corrected chi connectivity index (χ4v) is 3.91. The molecule has 0 bridgehead atoms. The smallest absolute Gasteiger partial charge is 0.309 e. The highest BCUT2D eigenvalue weighted by Gasteiger charge is 2.36. The normalized spacial score (nSPS) is 14.2. The lowest BCUT2D eigenvalue weighted by Crippen LogP contribution is -2.44. The van der Waals surface area contributed by atoms with Gasteiger partial charge in [0.25, 0.3) is 0 Å². The number of hydrogen-bond donors (Lipinski definition) is 0. The Hall–Kier alpha value is 0.0700. The first-order valence-corrected chi connectivity index (χ1v) is 8.51. The molecule has 0 saturated carbocycles. The SMILES string of the molecule is CCOP(=O)(CC(C)(C)CN([O])C(C)(C)C)OCC. The first-order chi connectivity index (χ1) is 8.46. The van der Waals surface area contributed by atoms with Crippen molar-refractivity contribution >= 4 is 7.60 Å². The average Bonchev–Trinajstić information content (AvgIpc) is 2.13. The molecule has 0 aliphatic rings. The van der Waals surface area contributed by atoms with Crippen molar-refractivity contribution in [3.63, 3.8) is 0 Å². The van der Waals surface area contributed by atoms with Crippen LogP contribution in [0.3, 0.4) is 0 Å². The summed E-state index contributed by atoms with van der Waals surface area (Å²) in [5, 5.41) is 13.1. The van der Waals surface area contributed by atoms with Gasteiger partial charge in [-0.15, -0.1) is 10.3 Å². The van der Waals surface area contributed by atoms with Gasteiger partial charge in [-0.3, -0.25) is 4.57 Å². The van der Waals surface area contributed by atoms with Crippen molar-refractivity contribution in [2.45, 2.75) is 54.0 Å². The quantitative estimate of drug-likeness (QED) is 0.505. The molecule has 115 valence electrons. The van der Waals surface area contributed by atoms with Crippen LogP contribution in [-0.2, 0) is 18.8 Å². The lowest BCUT2D eigenvalue weighted by molar-refractivity contribution is -0.224. The number of nitrogens with zero attached hydrogens (tertiary/aromatic N) is 1. The molecule has 0 aromatic carbocycles. The van der Waals surface area contributed by atoms with Crippen LogP contribution in [0.4, 0.5) is 0 Å². The highest BCUT2D eigenvalue weighted by atomic mass is 31.2. The van der Waals surface area contributed by atoms with Gasteiger partial charge in [0.15, 0.2) is 0 Å². The number of rotatable bonds is 8. The van der Waals surface area contributed by atoms with Gasteiger partial charge in [-0.2, -0.15) is 0 Å². The van der Waals surface area contributed by atoms with E-state index in [9.17, 15) is 9.77 Å². The standard InChI is InChI=1S/C13H29NO4P/c1-8-17-19(16,18-9-2)11-13(6,7)10-14(15)12(3,4)5/h8-11H2,1-7H3. The van der Waals surface area contributed by atoms with Crippen molar-refractivity contribution in [2.24, 2.45) is 5.41 Å². The van der Waals surface area contributed by atoms with E-state index in [2.05, 4.69) is 0 Å². The van der Waals surface area contributed by atoms with Gasteiger partial charge in [-0.1, -0.05) is 13.8 Å². The second kappa shape index (κ2) is 7.19. The minimum Gasteiger partial charge on any atom is -0.309 e. The lowest BCUT2D eigenvalue weighted by Gasteiger charge is -2.35. The van der Waals surface area contributed by atoms with Crippen molar-refractivity contribution in [1.82, 2.24) is 5.06 Å². The van der Waals surface area contributed by atoms with Crippen LogP contribution in [0.5, 0.6) is 0 Å². The molecule has 0 N–H and O–H groups in total. The summed E-state index contributed by atoms with van der Waals surface area (Å²) in [6, 6.07) is 0. The molecular weight excluding hydrogens is 265 g/mol. The summed E-state index contributed by atoms with van der Waals surface area (Å²) in [6.07, 6.45) is 0.247. The zero-order valence-corrected chi connectivity index (χ0v) is 14.3. The van der Waals surface area contributed by atoms with Gasteiger partial charge >= 0.3 is 7.60 Å². The van der Waals surface area contributed by atoms with Crippen LogP contribution < -0.4 is 0 Å². The second-order valence-electron chi connectivity index (χ2n) is 6.48. The van der Waals surface area contributed by atoms with Gasteiger partial charge in [0.2, 0.25) is 0 Å². The molecule has 0 aliphatic heterocycles. The molecule has 19 heavy (non-hydrogen) atoms. The van der Waals surface area contributed by atoms with Gasteiger partial charge in [0.05, 0.1) is 19.4 Å². The molecule has 0 spiro atoms. The van der Waals surface area contributed by atoms with Gasteiger partial charge in [-0.05, 0) is 40.0 Å². The topological polar surface area (TPSA) is 58.7 Å². The Kier molecular flexibility index (Phi) is 7.21. The highest BCUT2D eigenvalue weighted by molar-refractivity contribution is 7.53. The Labute approximate surface area is 117 Å². The van der Waals surface area contributed by atoms with Crippen molar-refractivity contribution in [2.75, 3.05) is 25.9 Å². The van der Waals surface area contributed by atoms with Crippen molar-refractivity contribution < 1.29 is 18.8 Å². The molecule has 0 amide bonds. The van der Waals surface area contributed by atoms with Crippen LogP contribution in [0.15, 0.2) is 0 Å². The van der Waals surface area contributed by atoms with E-state index in [0.29, 0.717) is 19.8 Å². The van der Waals surface area contributed by atoms with Gasteiger partial charge in [-0.25, -0.2) is 0 Å². The predicted octanol–water partition coefficient (Wildman–Crippen LogP) is 3.72. The molecule has 0 heterocycles. The van der Waals surface area contributed by atoms with E-state index in [1.54, 1.807) is 13.8 Å². The van der Waals surface area contributed by atoms with E-state index in [-0.39, 0.29) is 6.16 Å². The Morgan fingerprint density at radius 1 is 1.00 bits per heavy atom. The molecule has 0 aliphatic carbocycles. The minimum absolute atomic E-state index is 0.247. The van der Waals surface area contributed by atoms with Crippen molar-refractivity contribution in [3.05, 3.63) is 0 Å². The molecular formula is C13H29NO4P. The first-order valence-electron chi connectivity index (χ1n) is 6.79. The largest absolute Gasteiger partial charge is 0.331 e. The molecule has 0 atom stereocenters. The summed E-state index contributed by atoms with van der Waals surface area (Å²) in [6.45, 7) is 14.0. The maximum atomic E-state index is 12.5. The minimum atomic E-state index is -3.11. The van der Waals surface area contributed by atoms with Crippen LogP contribution in [0.1, 0.15) is 48.5 Å². The first kappa shape index (κ1) is 19.1. The fraction of sp³-hybridized carbons (Fsp3) is 1.00. The molecule has 0 aromatic rings. The van der Waals surface area contributed by atoms with Crippen LogP contribution in [0.2, 0.25) is 0 Å². The third-order valence-corrected chi connectivity index (χ3v) is 5.14. The third-order valence-electron chi connectivity index (χ3n) is 2.59. The summed E-state index contributed by atoms with van der Waals surface area (Å²) in [4.78, 5) is 0. The molecule has 0 unspecified atom stereocenters. The van der Waals surface area contributed by atoms with E-state index in [1.165, 1.54) is 0 Å². The van der Waals surface area contributed by atoms with E-state index in [1.807, 2.05) is 34.6 Å². The van der Waals surface area contributed by atoms with Gasteiger partial charge in [0.1, 0.15) is 0 Å². The summed E-state index contributed by atoms with van der Waals surface area (Å²) < 4.78 is 23.1. The molecule has 5 nitrogen and oxygen atoms in total. The van der Waals surface area contributed by atoms with Crippen molar-refractivity contribution in [3.8, 4) is 0 Å². The molecule has 0 aromatic heterocycles. The zero-order valence-electron chi connectivity index (χ0n) is 13.4. The average molecular weight is 294 g/mol. The summed E-state index contributed by atoms with van der Waals surface area (Å²) >= 11 is 0. The van der Waals surface area contributed by atoms with E-state index < -0.39 is 18.5 Å².